The predicted octanol–water partition coefficient (Wildman–Crippen LogP) is 4.97. The van der Waals surface area contributed by atoms with Crippen molar-refractivity contribution in [1.29, 1.82) is 0 Å². The molecule has 0 aromatic heterocycles. The van der Waals surface area contributed by atoms with Crippen LogP contribution in [0.25, 0.3) is 0 Å². The number of rotatable bonds is 5. The third-order valence-electron chi connectivity index (χ3n) is 3.99. The quantitative estimate of drug-likeness (QED) is 0.287. The topological polar surface area (TPSA) is 71.0 Å². The smallest absolute Gasteiger partial charge is 0.420 e. The number of nitrogens with one attached hydrogen (secondary N) is 1. The molecule has 0 bridgehead atoms. The van der Waals surface area contributed by atoms with E-state index < -0.39 is 16.7 Å². The molecule has 0 saturated carbocycles. The fourth-order valence-corrected chi connectivity index (χ4v) is 4.01. The summed E-state index contributed by atoms with van der Waals surface area (Å²) in [5.74, 6) is -0.867. The molecule has 0 spiro atoms. The zero-order valence-electron chi connectivity index (χ0n) is 15.4. The van der Waals surface area contributed by atoms with E-state index in [0.717, 1.165) is 16.7 Å². The molecule has 0 radical (unpaired) electrons. The fourth-order valence-electron chi connectivity index (χ4n) is 2.72. The van der Waals surface area contributed by atoms with E-state index in [1.807, 2.05) is 0 Å². The summed E-state index contributed by atoms with van der Waals surface area (Å²) in [5.41, 5.74) is -2.94. The Labute approximate surface area is 185 Å². The third kappa shape index (κ3) is 5.41. The van der Waals surface area contributed by atoms with Crippen LogP contribution in [-0.4, -0.2) is 34.8 Å². The zero-order valence-corrected chi connectivity index (χ0v) is 17.8. The summed E-state index contributed by atoms with van der Waals surface area (Å²) in [6.45, 7) is 0. The molecule has 0 aliphatic carbocycles. The average molecular weight is 474 g/mol. The maximum absolute atomic E-state index is 12.8. The van der Waals surface area contributed by atoms with Crippen LogP contribution < -0.4 is 15.0 Å². The lowest BCUT2D eigenvalue weighted by molar-refractivity contribution is -0.121. The van der Waals surface area contributed by atoms with E-state index in [2.05, 4.69) is 15.0 Å². The molecule has 2 aromatic carbocycles. The van der Waals surface area contributed by atoms with Crippen molar-refractivity contribution >= 4 is 63.3 Å². The summed E-state index contributed by atoms with van der Waals surface area (Å²) in [4.78, 5) is 30.4. The maximum atomic E-state index is 12.8. The van der Waals surface area contributed by atoms with Gasteiger partial charge in [-0.3, -0.25) is 14.6 Å². The summed E-state index contributed by atoms with van der Waals surface area (Å²) in [6, 6.07) is 12.2. The van der Waals surface area contributed by atoms with E-state index in [0.29, 0.717) is 21.6 Å². The van der Waals surface area contributed by atoms with E-state index in [9.17, 15) is 18.4 Å². The Morgan fingerprint density at radius 1 is 1.23 bits per heavy atom. The van der Waals surface area contributed by atoms with Gasteiger partial charge in [0.1, 0.15) is 11.0 Å². The minimum atomic E-state index is -3.80. The maximum Gasteiger partial charge on any atom is 0.487 e. The van der Waals surface area contributed by atoms with Crippen LogP contribution in [0, 0.1) is 0 Å². The highest BCUT2D eigenvalue weighted by atomic mass is 35.5. The molecular formula is C19H15Cl2F2N3O3S. The van der Waals surface area contributed by atoms with Crippen molar-refractivity contribution in [2.45, 2.75) is 17.2 Å². The van der Waals surface area contributed by atoms with E-state index in [4.69, 9.17) is 23.2 Å². The fraction of sp³-hybridized carbons (Fsp3) is 0.211. The van der Waals surface area contributed by atoms with E-state index >= 15 is 0 Å². The van der Waals surface area contributed by atoms with Crippen molar-refractivity contribution in [1.82, 2.24) is 0 Å². The Hall–Kier alpha value is -2.36. The van der Waals surface area contributed by atoms with Gasteiger partial charge < -0.3 is 10.1 Å². The van der Waals surface area contributed by atoms with Gasteiger partial charge in [-0.25, -0.2) is 4.90 Å². The number of aliphatic imine (C=N–C) groups is 1. The van der Waals surface area contributed by atoms with Crippen molar-refractivity contribution in [3.8, 4) is 5.75 Å². The number of alkyl halides is 3. The summed E-state index contributed by atoms with van der Waals surface area (Å²) in [5, 5.41) is 2.97. The number of thioether (sulfide) groups is 1. The van der Waals surface area contributed by atoms with Gasteiger partial charge in [0.05, 0.1) is 10.7 Å². The number of carbonyl (C=O) groups excluding carboxylic acids is 2. The molecule has 11 heteroatoms. The second kappa shape index (κ2) is 9.20. The average Bonchev–Trinajstić information content (AvgIpc) is 2.95. The van der Waals surface area contributed by atoms with Gasteiger partial charge in [-0.1, -0.05) is 35.5 Å². The summed E-state index contributed by atoms with van der Waals surface area (Å²) in [6.07, 6.45) is -0.00694. The first-order chi connectivity index (χ1) is 14.2. The van der Waals surface area contributed by atoms with Crippen LogP contribution in [0.2, 0.25) is 5.02 Å². The highest BCUT2D eigenvalue weighted by molar-refractivity contribution is 8.15. The molecule has 158 valence electrons. The normalized spacial score (nSPS) is 17.4. The largest absolute Gasteiger partial charge is 0.487 e. The number of halogens is 4. The lowest BCUT2D eigenvalue weighted by Gasteiger charge is -2.17. The SMILES string of the molecule is CN=C(Nc1ccc(OC(F)(F)Cl)cc1)S[C@@H]1CC(=O)N(c2ccccc2Cl)C1=O. The summed E-state index contributed by atoms with van der Waals surface area (Å²) >= 11 is 11.9. The number of imide groups is 1. The Balaban J connectivity index is 1.67. The number of benzene rings is 2. The highest BCUT2D eigenvalue weighted by Gasteiger charge is 2.41. The van der Waals surface area contributed by atoms with Gasteiger partial charge in [-0.15, -0.1) is 8.78 Å². The molecule has 1 saturated heterocycles. The van der Waals surface area contributed by atoms with Gasteiger partial charge in [-0.05, 0) is 36.4 Å². The van der Waals surface area contributed by atoms with Crippen molar-refractivity contribution < 1.29 is 23.1 Å². The molecular weight excluding hydrogens is 459 g/mol. The van der Waals surface area contributed by atoms with Crippen LogP contribution in [0.3, 0.4) is 0 Å². The molecule has 0 unspecified atom stereocenters. The van der Waals surface area contributed by atoms with Crippen LogP contribution in [-0.2, 0) is 9.59 Å². The number of amidine groups is 1. The van der Waals surface area contributed by atoms with Crippen LogP contribution >= 0.6 is 35.0 Å². The van der Waals surface area contributed by atoms with Crippen molar-refractivity contribution in [3.63, 3.8) is 0 Å². The van der Waals surface area contributed by atoms with Crippen molar-refractivity contribution in [2.75, 3.05) is 17.3 Å². The van der Waals surface area contributed by atoms with Crippen molar-refractivity contribution in [2.24, 2.45) is 4.99 Å². The first kappa shape index (κ1) is 22.3. The number of ether oxygens (including phenoxy) is 1. The van der Waals surface area contributed by atoms with Crippen LogP contribution in [0.15, 0.2) is 53.5 Å². The number of carbonyl (C=O) groups is 2. The van der Waals surface area contributed by atoms with Gasteiger partial charge in [0.25, 0.3) is 0 Å². The number of hydrogen-bond donors (Lipinski definition) is 1. The van der Waals surface area contributed by atoms with E-state index in [1.165, 1.54) is 31.3 Å². The Morgan fingerprint density at radius 2 is 1.90 bits per heavy atom. The molecule has 6 nitrogen and oxygen atoms in total. The first-order valence-electron chi connectivity index (χ1n) is 8.55. The minimum Gasteiger partial charge on any atom is -0.420 e. The van der Waals surface area contributed by atoms with Gasteiger partial charge in [-0.2, -0.15) is 0 Å². The molecule has 1 N–H and O–H groups in total. The molecule has 1 aliphatic heterocycles. The number of anilines is 2. The highest BCUT2D eigenvalue weighted by Crippen LogP contribution is 2.34. The Morgan fingerprint density at radius 3 is 2.50 bits per heavy atom. The minimum absolute atomic E-state index is 0.00694. The lowest BCUT2D eigenvalue weighted by atomic mass is 10.3. The monoisotopic (exact) mass is 473 g/mol. The van der Waals surface area contributed by atoms with E-state index in [-0.39, 0.29) is 18.1 Å². The van der Waals surface area contributed by atoms with Gasteiger partial charge in [0, 0.05) is 30.8 Å². The molecule has 30 heavy (non-hydrogen) atoms. The first-order valence-corrected chi connectivity index (χ1v) is 10.2. The summed E-state index contributed by atoms with van der Waals surface area (Å²) < 4.78 is 29.6. The predicted molar refractivity (Wildman–Crippen MR) is 115 cm³/mol. The molecule has 3 rings (SSSR count). The van der Waals surface area contributed by atoms with Crippen LogP contribution in [0.1, 0.15) is 6.42 Å². The number of nitrogens with zero attached hydrogens (tertiary/aromatic N) is 2. The standard InChI is InChI=1S/C19H15Cl2F2N3O3S/c1-24-18(25-11-6-8-12(9-7-11)29-19(21,22)23)30-15-10-16(27)26(17(15)28)14-5-3-2-4-13(14)20/h2-9,15H,10H2,1H3,(H,24,25)/t15-/m1/s1. The van der Waals surface area contributed by atoms with Crippen LogP contribution in [0.5, 0.6) is 5.75 Å². The molecule has 1 aliphatic rings. The van der Waals surface area contributed by atoms with E-state index in [1.54, 1.807) is 24.3 Å². The number of hydrogen-bond acceptors (Lipinski definition) is 5. The van der Waals surface area contributed by atoms with Gasteiger partial charge in [0.15, 0.2) is 5.17 Å². The van der Waals surface area contributed by atoms with Gasteiger partial charge in [0.2, 0.25) is 11.8 Å². The van der Waals surface area contributed by atoms with Gasteiger partial charge >= 0.3 is 5.57 Å². The van der Waals surface area contributed by atoms with Crippen molar-refractivity contribution in [3.05, 3.63) is 53.6 Å². The molecule has 1 atom stereocenters. The zero-order chi connectivity index (χ0) is 21.9. The second-order valence-corrected chi connectivity index (χ2v) is 8.09. The molecule has 1 heterocycles. The summed E-state index contributed by atoms with van der Waals surface area (Å²) in [7, 11) is 1.52. The molecule has 2 amide bonds. The third-order valence-corrected chi connectivity index (χ3v) is 5.55. The molecule has 1 fully saturated rings. The number of para-hydroxylation sites is 1. The second-order valence-electron chi connectivity index (χ2n) is 6.06. The van der Waals surface area contributed by atoms with Crippen LogP contribution in [0.4, 0.5) is 20.2 Å². The Kier molecular flexibility index (Phi) is 6.84. The Bertz CT molecular complexity index is 984. The lowest BCUT2D eigenvalue weighted by Crippen LogP contribution is -2.32. The molecule has 2 aromatic rings. The number of amides is 2.